The van der Waals surface area contributed by atoms with Crippen LogP contribution in [0.1, 0.15) is 37.5 Å². The lowest BCUT2D eigenvalue weighted by Crippen LogP contribution is -2.33. The summed E-state index contributed by atoms with van der Waals surface area (Å²) in [7, 11) is 0. The van der Waals surface area contributed by atoms with Crippen LogP contribution in [0.5, 0.6) is 0 Å². The molecule has 0 aromatic carbocycles. The van der Waals surface area contributed by atoms with Gasteiger partial charge in [-0.2, -0.15) is 0 Å². The molecule has 0 amide bonds. The molecule has 1 aliphatic rings. The molecular weight excluding hydrogens is 292 g/mol. The van der Waals surface area contributed by atoms with Crippen molar-refractivity contribution in [3.8, 4) is 0 Å². The summed E-state index contributed by atoms with van der Waals surface area (Å²) in [6, 6.07) is 2.18. The van der Waals surface area contributed by atoms with E-state index in [4.69, 9.17) is 0 Å². The number of piperidine rings is 1. The van der Waals surface area contributed by atoms with E-state index in [0.717, 1.165) is 28.5 Å². The molecule has 3 heterocycles. The van der Waals surface area contributed by atoms with Gasteiger partial charge in [-0.05, 0) is 64.2 Å². The Morgan fingerprint density at radius 2 is 2.09 bits per heavy atom. The minimum atomic E-state index is 0.923. The van der Waals surface area contributed by atoms with Crippen LogP contribution in [-0.2, 0) is 0 Å². The normalized spacial score (nSPS) is 17.2. The first kappa shape index (κ1) is 15.7. The largest absolute Gasteiger partial charge is 0.369 e. The van der Waals surface area contributed by atoms with Crippen molar-refractivity contribution in [2.45, 2.75) is 39.5 Å². The van der Waals surface area contributed by atoms with E-state index in [-0.39, 0.29) is 0 Å². The SMILES string of the molecule is Cc1cc2c(NCCCCN3CCC(C)CC3)ncnc2s1. The summed E-state index contributed by atoms with van der Waals surface area (Å²) in [6.07, 6.45) is 6.86. The van der Waals surface area contributed by atoms with E-state index in [1.54, 1.807) is 17.7 Å². The molecule has 1 fully saturated rings. The number of hydrogen-bond donors (Lipinski definition) is 1. The van der Waals surface area contributed by atoms with E-state index in [0.29, 0.717) is 0 Å². The molecule has 0 aliphatic carbocycles. The van der Waals surface area contributed by atoms with Crippen molar-refractivity contribution in [3.63, 3.8) is 0 Å². The Morgan fingerprint density at radius 3 is 2.91 bits per heavy atom. The Morgan fingerprint density at radius 1 is 1.27 bits per heavy atom. The zero-order valence-electron chi connectivity index (χ0n) is 13.6. The van der Waals surface area contributed by atoms with Gasteiger partial charge in [0.1, 0.15) is 17.0 Å². The molecule has 0 atom stereocenters. The fraction of sp³-hybridized carbons (Fsp3) is 0.647. The number of likely N-dealkylation sites (tertiary alicyclic amines) is 1. The smallest absolute Gasteiger partial charge is 0.138 e. The van der Waals surface area contributed by atoms with Crippen molar-refractivity contribution in [2.24, 2.45) is 5.92 Å². The molecule has 1 N–H and O–H groups in total. The molecule has 2 aromatic heterocycles. The van der Waals surface area contributed by atoms with Gasteiger partial charge in [-0.25, -0.2) is 9.97 Å². The summed E-state index contributed by atoms with van der Waals surface area (Å²) in [5, 5.41) is 4.64. The first-order valence-electron chi connectivity index (χ1n) is 8.40. The molecule has 5 heteroatoms. The molecule has 1 aliphatic heterocycles. The van der Waals surface area contributed by atoms with E-state index in [1.165, 1.54) is 50.2 Å². The Bertz CT molecular complexity index is 602. The third-order valence-electron chi connectivity index (χ3n) is 4.52. The summed E-state index contributed by atoms with van der Waals surface area (Å²) in [4.78, 5) is 13.7. The number of unbranched alkanes of at least 4 members (excludes halogenated alkanes) is 1. The molecule has 0 radical (unpaired) electrons. The fourth-order valence-corrected chi connectivity index (χ4v) is 3.92. The molecule has 120 valence electrons. The van der Waals surface area contributed by atoms with E-state index in [1.807, 2.05) is 0 Å². The average Bonchev–Trinajstić information content (AvgIpc) is 2.90. The van der Waals surface area contributed by atoms with Crippen LogP contribution in [0.25, 0.3) is 10.2 Å². The van der Waals surface area contributed by atoms with Gasteiger partial charge in [0.05, 0.1) is 5.39 Å². The van der Waals surface area contributed by atoms with Gasteiger partial charge in [0, 0.05) is 11.4 Å². The molecule has 2 aromatic rings. The summed E-state index contributed by atoms with van der Waals surface area (Å²) in [5.74, 6) is 1.91. The van der Waals surface area contributed by atoms with E-state index in [9.17, 15) is 0 Å². The second-order valence-corrected chi connectivity index (χ2v) is 7.69. The second-order valence-electron chi connectivity index (χ2n) is 6.46. The minimum Gasteiger partial charge on any atom is -0.369 e. The molecule has 1 saturated heterocycles. The molecular formula is C17H26N4S. The van der Waals surface area contributed by atoms with Crippen molar-refractivity contribution in [2.75, 3.05) is 31.5 Å². The lowest BCUT2D eigenvalue weighted by Gasteiger charge is -2.30. The Balaban J connectivity index is 1.41. The van der Waals surface area contributed by atoms with Crippen molar-refractivity contribution in [3.05, 3.63) is 17.3 Å². The molecule has 3 rings (SSSR count). The van der Waals surface area contributed by atoms with E-state index < -0.39 is 0 Å². The van der Waals surface area contributed by atoms with Crippen LogP contribution in [0.3, 0.4) is 0 Å². The highest BCUT2D eigenvalue weighted by molar-refractivity contribution is 7.18. The topological polar surface area (TPSA) is 41.0 Å². The van der Waals surface area contributed by atoms with Gasteiger partial charge in [-0.15, -0.1) is 11.3 Å². The molecule has 22 heavy (non-hydrogen) atoms. The quantitative estimate of drug-likeness (QED) is 0.820. The Kier molecular flexibility index (Phi) is 5.26. The van der Waals surface area contributed by atoms with Crippen LogP contribution in [0.4, 0.5) is 5.82 Å². The minimum absolute atomic E-state index is 0.923. The van der Waals surface area contributed by atoms with E-state index >= 15 is 0 Å². The maximum Gasteiger partial charge on any atom is 0.138 e. The van der Waals surface area contributed by atoms with Crippen molar-refractivity contribution >= 4 is 27.4 Å². The number of anilines is 1. The number of nitrogens with one attached hydrogen (secondary N) is 1. The molecule has 0 saturated carbocycles. The second kappa shape index (κ2) is 7.38. The average molecular weight is 318 g/mol. The zero-order chi connectivity index (χ0) is 15.4. The summed E-state index contributed by atoms with van der Waals surface area (Å²) >= 11 is 1.73. The molecule has 0 unspecified atom stereocenters. The first-order chi connectivity index (χ1) is 10.7. The highest BCUT2D eigenvalue weighted by Crippen LogP contribution is 2.27. The van der Waals surface area contributed by atoms with Crippen molar-refractivity contribution < 1.29 is 0 Å². The van der Waals surface area contributed by atoms with Gasteiger partial charge in [-0.3, -0.25) is 0 Å². The van der Waals surface area contributed by atoms with Gasteiger partial charge in [0.15, 0.2) is 0 Å². The Labute approximate surface area is 137 Å². The van der Waals surface area contributed by atoms with Crippen LogP contribution in [-0.4, -0.2) is 41.0 Å². The molecule has 0 bridgehead atoms. The van der Waals surface area contributed by atoms with E-state index in [2.05, 4.69) is 40.1 Å². The van der Waals surface area contributed by atoms with Crippen LogP contribution in [0.2, 0.25) is 0 Å². The first-order valence-corrected chi connectivity index (χ1v) is 9.21. The number of thiophene rings is 1. The summed E-state index contributed by atoms with van der Waals surface area (Å²) in [5.41, 5.74) is 0. The third-order valence-corrected chi connectivity index (χ3v) is 5.48. The number of aryl methyl sites for hydroxylation is 1. The standard InChI is InChI=1S/C17H26N4S/c1-13-5-9-21(10-6-13)8-4-3-7-18-16-15-11-14(2)22-17(15)20-12-19-16/h11-13H,3-10H2,1-2H3,(H,18,19,20). The number of fused-ring (bicyclic) bond motifs is 1. The van der Waals surface area contributed by atoms with Crippen molar-refractivity contribution in [1.29, 1.82) is 0 Å². The van der Waals surface area contributed by atoms with Crippen LogP contribution < -0.4 is 5.32 Å². The number of nitrogens with zero attached hydrogens (tertiary/aromatic N) is 3. The van der Waals surface area contributed by atoms with Crippen LogP contribution in [0, 0.1) is 12.8 Å². The van der Waals surface area contributed by atoms with Crippen LogP contribution in [0.15, 0.2) is 12.4 Å². The predicted molar refractivity (Wildman–Crippen MR) is 94.7 cm³/mol. The summed E-state index contributed by atoms with van der Waals surface area (Å²) < 4.78 is 0. The molecule has 4 nitrogen and oxygen atoms in total. The van der Waals surface area contributed by atoms with Gasteiger partial charge in [-0.1, -0.05) is 6.92 Å². The van der Waals surface area contributed by atoms with Crippen molar-refractivity contribution in [1.82, 2.24) is 14.9 Å². The van der Waals surface area contributed by atoms with Crippen LogP contribution >= 0.6 is 11.3 Å². The lowest BCUT2D eigenvalue weighted by molar-refractivity contribution is 0.190. The molecule has 0 spiro atoms. The third kappa shape index (κ3) is 3.96. The highest BCUT2D eigenvalue weighted by atomic mass is 32.1. The van der Waals surface area contributed by atoms with Gasteiger partial charge < -0.3 is 10.2 Å². The summed E-state index contributed by atoms with van der Waals surface area (Å²) in [6.45, 7) is 9.30. The number of aromatic nitrogens is 2. The van der Waals surface area contributed by atoms with Gasteiger partial charge in [0.25, 0.3) is 0 Å². The lowest BCUT2D eigenvalue weighted by atomic mass is 9.99. The maximum atomic E-state index is 4.39. The Hall–Kier alpha value is -1.20. The highest BCUT2D eigenvalue weighted by Gasteiger charge is 2.14. The zero-order valence-corrected chi connectivity index (χ0v) is 14.5. The number of hydrogen-bond acceptors (Lipinski definition) is 5. The predicted octanol–water partition coefficient (Wildman–Crippen LogP) is 3.92. The van der Waals surface area contributed by atoms with Gasteiger partial charge >= 0.3 is 0 Å². The number of rotatable bonds is 6. The van der Waals surface area contributed by atoms with Gasteiger partial charge in [0.2, 0.25) is 0 Å². The monoisotopic (exact) mass is 318 g/mol. The fourth-order valence-electron chi connectivity index (χ4n) is 3.07. The maximum absolute atomic E-state index is 4.39.